The van der Waals surface area contributed by atoms with Crippen LogP contribution < -0.4 is 5.43 Å². The van der Waals surface area contributed by atoms with Crippen molar-refractivity contribution in [3.63, 3.8) is 0 Å². The SMILES string of the molecule is N#Cc1ccc(N=NNc2cc(Cl)cc(Cl)c2)cc1. The van der Waals surface area contributed by atoms with Gasteiger partial charge in [0.05, 0.1) is 23.0 Å². The lowest BCUT2D eigenvalue weighted by Crippen LogP contribution is -1.86. The minimum absolute atomic E-state index is 0.517. The topological polar surface area (TPSA) is 60.5 Å². The van der Waals surface area contributed by atoms with Crippen LogP contribution in [0, 0.1) is 11.3 Å². The number of halogens is 2. The van der Waals surface area contributed by atoms with Gasteiger partial charge in [-0.15, -0.1) is 5.11 Å². The number of rotatable bonds is 3. The molecule has 2 aromatic carbocycles. The first kappa shape index (κ1) is 13.3. The molecule has 0 bridgehead atoms. The number of nitrogens with one attached hydrogen (secondary N) is 1. The molecular formula is C13H8Cl2N4. The Morgan fingerprint density at radius 1 is 1.00 bits per heavy atom. The number of hydrogen-bond acceptors (Lipinski definition) is 3. The van der Waals surface area contributed by atoms with Crippen LogP contribution in [-0.2, 0) is 0 Å². The fourth-order valence-electron chi connectivity index (χ4n) is 1.36. The molecule has 0 spiro atoms. The van der Waals surface area contributed by atoms with Crippen LogP contribution in [-0.4, -0.2) is 0 Å². The molecule has 4 nitrogen and oxygen atoms in total. The second-order valence-electron chi connectivity index (χ2n) is 3.63. The number of anilines is 1. The highest BCUT2D eigenvalue weighted by Crippen LogP contribution is 2.22. The Hall–Kier alpha value is -2.09. The molecular weight excluding hydrogens is 283 g/mol. The lowest BCUT2D eigenvalue weighted by molar-refractivity contribution is 1.13. The first-order valence-electron chi connectivity index (χ1n) is 5.30. The Labute approximate surface area is 120 Å². The summed E-state index contributed by atoms with van der Waals surface area (Å²) in [5.41, 5.74) is 4.59. The van der Waals surface area contributed by atoms with Crippen LogP contribution in [0.25, 0.3) is 0 Å². The van der Waals surface area contributed by atoms with E-state index in [0.717, 1.165) is 0 Å². The molecule has 0 saturated carbocycles. The molecule has 0 saturated heterocycles. The van der Waals surface area contributed by atoms with Gasteiger partial charge >= 0.3 is 0 Å². The van der Waals surface area contributed by atoms with E-state index in [-0.39, 0.29) is 0 Å². The van der Waals surface area contributed by atoms with E-state index in [1.807, 2.05) is 6.07 Å². The van der Waals surface area contributed by atoms with E-state index in [9.17, 15) is 0 Å². The average Bonchev–Trinajstić information content (AvgIpc) is 2.38. The van der Waals surface area contributed by atoms with Gasteiger partial charge < -0.3 is 0 Å². The molecule has 0 aliphatic heterocycles. The van der Waals surface area contributed by atoms with Crippen LogP contribution in [0.2, 0.25) is 10.0 Å². The molecule has 0 aliphatic carbocycles. The zero-order valence-corrected chi connectivity index (χ0v) is 11.2. The Balaban J connectivity index is 2.04. The van der Waals surface area contributed by atoms with Crippen molar-refractivity contribution >= 4 is 34.6 Å². The van der Waals surface area contributed by atoms with Gasteiger partial charge in [0.15, 0.2) is 0 Å². The maximum atomic E-state index is 8.66. The Bertz CT molecular complexity index is 624. The van der Waals surface area contributed by atoms with Gasteiger partial charge in [0.25, 0.3) is 0 Å². The van der Waals surface area contributed by atoms with Crippen molar-refractivity contribution in [2.45, 2.75) is 0 Å². The lowest BCUT2D eigenvalue weighted by Gasteiger charge is -2.00. The predicted octanol–water partition coefficient (Wildman–Crippen LogP) is 4.98. The van der Waals surface area contributed by atoms with Gasteiger partial charge in [-0.25, -0.2) is 0 Å². The van der Waals surface area contributed by atoms with Gasteiger partial charge in [-0.1, -0.05) is 28.4 Å². The van der Waals surface area contributed by atoms with Crippen LogP contribution in [0.3, 0.4) is 0 Å². The summed E-state index contributed by atoms with van der Waals surface area (Å²) in [4.78, 5) is 0. The van der Waals surface area contributed by atoms with Crippen LogP contribution in [0.5, 0.6) is 0 Å². The summed E-state index contributed by atoms with van der Waals surface area (Å²) in [6, 6.07) is 13.8. The molecule has 0 amide bonds. The second kappa shape index (κ2) is 6.19. The number of nitriles is 1. The molecule has 19 heavy (non-hydrogen) atoms. The second-order valence-corrected chi connectivity index (χ2v) is 4.50. The maximum absolute atomic E-state index is 8.66. The van der Waals surface area contributed by atoms with Crippen molar-refractivity contribution in [3.05, 3.63) is 58.1 Å². The van der Waals surface area contributed by atoms with E-state index in [1.54, 1.807) is 42.5 Å². The molecule has 0 fully saturated rings. The normalized spacial score (nSPS) is 10.4. The summed E-state index contributed by atoms with van der Waals surface area (Å²) < 4.78 is 0. The molecule has 0 aromatic heterocycles. The van der Waals surface area contributed by atoms with E-state index in [4.69, 9.17) is 28.5 Å². The largest absolute Gasteiger partial charge is 0.260 e. The zero-order valence-electron chi connectivity index (χ0n) is 9.64. The molecule has 1 N–H and O–H groups in total. The summed E-state index contributed by atoms with van der Waals surface area (Å²) in [5.74, 6) is 0. The van der Waals surface area contributed by atoms with Crippen molar-refractivity contribution in [2.24, 2.45) is 10.3 Å². The lowest BCUT2D eigenvalue weighted by atomic mass is 10.2. The molecule has 0 atom stereocenters. The van der Waals surface area contributed by atoms with E-state index >= 15 is 0 Å². The van der Waals surface area contributed by atoms with Gasteiger partial charge in [-0.3, -0.25) is 5.43 Å². The zero-order chi connectivity index (χ0) is 13.7. The van der Waals surface area contributed by atoms with E-state index in [2.05, 4.69) is 15.8 Å². The van der Waals surface area contributed by atoms with Gasteiger partial charge in [0.1, 0.15) is 0 Å². The number of nitrogens with zero attached hydrogens (tertiary/aromatic N) is 3. The van der Waals surface area contributed by atoms with Crippen molar-refractivity contribution < 1.29 is 0 Å². The summed E-state index contributed by atoms with van der Waals surface area (Å²) in [7, 11) is 0. The third-order valence-corrected chi connectivity index (χ3v) is 2.64. The molecule has 2 aromatic rings. The highest BCUT2D eigenvalue weighted by Gasteiger charge is 1.96. The highest BCUT2D eigenvalue weighted by atomic mass is 35.5. The first-order chi connectivity index (χ1) is 9.17. The fraction of sp³-hybridized carbons (Fsp3) is 0. The van der Waals surface area contributed by atoms with Gasteiger partial charge in [0.2, 0.25) is 0 Å². The molecule has 94 valence electrons. The van der Waals surface area contributed by atoms with Crippen molar-refractivity contribution in [3.8, 4) is 6.07 Å². The molecule has 6 heteroatoms. The van der Waals surface area contributed by atoms with Gasteiger partial charge in [-0.2, -0.15) is 5.26 Å². The summed E-state index contributed by atoms with van der Waals surface area (Å²) in [5, 5.41) is 17.5. The molecule has 0 unspecified atom stereocenters. The summed E-state index contributed by atoms with van der Waals surface area (Å²) in [6.45, 7) is 0. The van der Waals surface area contributed by atoms with E-state index in [1.165, 1.54) is 0 Å². The van der Waals surface area contributed by atoms with Crippen LogP contribution in [0.1, 0.15) is 5.56 Å². The Morgan fingerprint density at radius 3 is 2.21 bits per heavy atom. The first-order valence-corrected chi connectivity index (χ1v) is 6.06. The van der Waals surface area contributed by atoms with Crippen molar-refractivity contribution in [2.75, 3.05) is 5.43 Å². The van der Waals surface area contributed by atoms with Crippen molar-refractivity contribution in [1.82, 2.24) is 0 Å². The van der Waals surface area contributed by atoms with E-state index < -0.39 is 0 Å². The predicted molar refractivity (Wildman–Crippen MR) is 75.8 cm³/mol. The molecule has 2 rings (SSSR count). The molecule has 0 radical (unpaired) electrons. The molecule has 0 heterocycles. The minimum atomic E-state index is 0.517. The van der Waals surface area contributed by atoms with Crippen molar-refractivity contribution in [1.29, 1.82) is 5.26 Å². The Kier molecular flexibility index (Phi) is 4.35. The third-order valence-electron chi connectivity index (χ3n) is 2.20. The minimum Gasteiger partial charge on any atom is -0.260 e. The fourth-order valence-corrected chi connectivity index (χ4v) is 1.89. The average molecular weight is 291 g/mol. The van der Waals surface area contributed by atoms with E-state index in [0.29, 0.717) is 27.0 Å². The quantitative estimate of drug-likeness (QED) is 0.640. The number of benzene rings is 2. The highest BCUT2D eigenvalue weighted by molar-refractivity contribution is 6.35. The Morgan fingerprint density at radius 2 is 1.63 bits per heavy atom. The maximum Gasteiger partial charge on any atom is 0.0991 e. The summed E-state index contributed by atoms with van der Waals surface area (Å²) >= 11 is 11.7. The smallest absolute Gasteiger partial charge is 0.0991 e. The van der Waals surface area contributed by atoms with Gasteiger partial charge in [0, 0.05) is 10.0 Å². The summed E-state index contributed by atoms with van der Waals surface area (Å²) in [6.07, 6.45) is 0. The molecule has 0 aliphatic rings. The third kappa shape index (κ3) is 3.95. The van der Waals surface area contributed by atoms with Crippen LogP contribution in [0.15, 0.2) is 52.8 Å². The monoisotopic (exact) mass is 290 g/mol. The van der Waals surface area contributed by atoms with Crippen LogP contribution >= 0.6 is 23.2 Å². The number of hydrogen-bond donors (Lipinski definition) is 1. The van der Waals surface area contributed by atoms with Gasteiger partial charge in [-0.05, 0) is 42.5 Å². The van der Waals surface area contributed by atoms with Crippen LogP contribution in [0.4, 0.5) is 11.4 Å². The standard InChI is InChI=1S/C13H8Cl2N4/c14-10-5-11(15)7-13(6-10)18-19-17-12-3-1-9(8-16)2-4-12/h1-7H,(H,17,18).